The summed E-state index contributed by atoms with van der Waals surface area (Å²) in [6, 6.07) is 18.6. The van der Waals surface area contributed by atoms with Crippen LogP contribution in [-0.2, 0) is 0 Å². The Labute approximate surface area is 155 Å². The van der Waals surface area contributed by atoms with Gasteiger partial charge in [-0.05, 0) is 42.5 Å². The molecule has 0 fully saturated rings. The Bertz CT molecular complexity index is 1130. The molecule has 1 N–H and O–H groups in total. The molecule has 1 aliphatic rings. The first-order chi connectivity index (χ1) is 13.3. The number of rotatable bonds is 3. The maximum Gasteiger partial charge on any atom is 0.255 e. The molecule has 6 nitrogen and oxygen atoms in total. The fourth-order valence-corrected chi connectivity index (χ4v) is 3.07. The first-order valence-electron chi connectivity index (χ1n) is 8.51. The zero-order valence-corrected chi connectivity index (χ0v) is 14.3. The Hall–Kier alpha value is -3.80. The van der Waals surface area contributed by atoms with Gasteiger partial charge >= 0.3 is 0 Å². The molecule has 1 aliphatic heterocycles. The molecule has 0 radical (unpaired) electrons. The summed E-state index contributed by atoms with van der Waals surface area (Å²) in [7, 11) is 0. The Morgan fingerprint density at radius 2 is 1.93 bits per heavy atom. The zero-order valence-electron chi connectivity index (χ0n) is 14.3. The van der Waals surface area contributed by atoms with Crippen LogP contribution in [0, 0.1) is 0 Å². The molecule has 0 aliphatic carbocycles. The molecule has 0 unspecified atom stereocenters. The van der Waals surface area contributed by atoms with Crippen molar-refractivity contribution in [3.05, 3.63) is 78.6 Å². The lowest BCUT2D eigenvalue weighted by atomic mass is 10.1. The Morgan fingerprint density at radius 1 is 1.00 bits per heavy atom. The minimum Gasteiger partial charge on any atom is -0.454 e. The standard InChI is InChI=1S/C21H15N3O3/c25-21(15-7-8-18-19(11-15)27-13-26-18)22-16-5-3-4-14(10-16)17-12-24-9-2-1-6-20(24)23-17/h1-12H,13H2,(H,22,25). The molecular weight excluding hydrogens is 342 g/mol. The van der Waals surface area contributed by atoms with Crippen LogP contribution in [0.2, 0.25) is 0 Å². The minimum atomic E-state index is -0.208. The number of ether oxygens (including phenoxy) is 2. The van der Waals surface area contributed by atoms with Crippen LogP contribution >= 0.6 is 0 Å². The molecule has 1 amide bonds. The van der Waals surface area contributed by atoms with Crippen molar-refractivity contribution in [2.45, 2.75) is 0 Å². The first-order valence-corrected chi connectivity index (χ1v) is 8.51. The van der Waals surface area contributed by atoms with Crippen molar-refractivity contribution in [1.29, 1.82) is 0 Å². The van der Waals surface area contributed by atoms with Crippen LogP contribution in [0.15, 0.2) is 73.1 Å². The minimum absolute atomic E-state index is 0.182. The monoisotopic (exact) mass is 357 g/mol. The molecule has 6 heteroatoms. The van der Waals surface area contributed by atoms with Crippen LogP contribution in [0.1, 0.15) is 10.4 Å². The number of carbonyl (C=O) groups is 1. The summed E-state index contributed by atoms with van der Waals surface area (Å²) in [5.74, 6) is 1.03. The summed E-state index contributed by atoms with van der Waals surface area (Å²) in [4.78, 5) is 17.2. The number of nitrogens with zero attached hydrogens (tertiary/aromatic N) is 2. The van der Waals surface area contributed by atoms with Gasteiger partial charge in [-0.15, -0.1) is 0 Å². The fraction of sp³-hybridized carbons (Fsp3) is 0.0476. The average molecular weight is 357 g/mol. The Morgan fingerprint density at radius 3 is 2.85 bits per heavy atom. The van der Waals surface area contributed by atoms with Crippen molar-refractivity contribution < 1.29 is 14.3 Å². The number of pyridine rings is 1. The predicted octanol–water partition coefficient (Wildman–Crippen LogP) is 3.98. The highest BCUT2D eigenvalue weighted by atomic mass is 16.7. The first kappa shape index (κ1) is 15.5. The van der Waals surface area contributed by atoms with E-state index in [1.807, 2.05) is 59.3 Å². The van der Waals surface area contributed by atoms with Crippen LogP contribution in [0.5, 0.6) is 11.5 Å². The van der Waals surface area contributed by atoms with E-state index in [0.717, 1.165) is 16.9 Å². The van der Waals surface area contributed by atoms with Gasteiger partial charge in [0.05, 0.1) is 5.69 Å². The number of carbonyl (C=O) groups excluding carboxylic acids is 1. The highest BCUT2D eigenvalue weighted by molar-refractivity contribution is 6.05. The molecule has 0 spiro atoms. The van der Waals surface area contributed by atoms with Crippen LogP contribution in [0.3, 0.4) is 0 Å². The lowest BCUT2D eigenvalue weighted by Gasteiger charge is -2.07. The second-order valence-corrected chi connectivity index (χ2v) is 6.20. The molecular formula is C21H15N3O3. The van der Waals surface area contributed by atoms with E-state index in [4.69, 9.17) is 9.47 Å². The highest BCUT2D eigenvalue weighted by Crippen LogP contribution is 2.32. The van der Waals surface area contributed by atoms with Gasteiger partial charge in [0.1, 0.15) is 5.65 Å². The Balaban J connectivity index is 1.41. The van der Waals surface area contributed by atoms with Gasteiger partial charge in [0, 0.05) is 29.2 Å². The number of nitrogens with one attached hydrogen (secondary N) is 1. The number of hydrogen-bond donors (Lipinski definition) is 1. The lowest BCUT2D eigenvalue weighted by molar-refractivity contribution is 0.102. The number of anilines is 1. The van der Waals surface area contributed by atoms with E-state index >= 15 is 0 Å². The highest BCUT2D eigenvalue weighted by Gasteiger charge is 2.16. The molecule has 0 saturated heterocycles. The number of amides is 1. The summed E-state index contributed by atoms with van der Waals surface area (Å²) in [6.07, 6.45) is 3.92. The van der Waals surface area contributed by atoms with Crippen LogP contribution in [0.25, 0.3) is 16.9 Å². The van der Waals surface area contributed by atoms with Crippen molar-refractivity contribution in [2.75, 3.05) is 12.1 Å². The fourth-order valence-electron chi connectivity index (χ4n) is 3.07. The second kappa shape index (κ2) is 6.17. The number of imidazole rings is 1. The van der Waals surface area contributed by atoms with Gasteiger partial charge in [-0.3, -0.25) is 4.79 Å². The summed E-state index contributed by atoms with van der Waals surface area (Å²) in [5, 5.41) is 2.92. The van der Waals surface area contributed by atoms with E-state index in [2.05, 4.69) is 10.3 Å². The van der Waals surface area contributed by atoms with Crippen LogP contribution in [-0.4, -0.2) is 22.1 Å². The van der Waals surface area contributed by atoms with Gasteiger partial charge in [0.2, 0.25) is 6.79 Å². The second-order valence-electron chi connectivity index (χ2n) is 6.20. The van der Waals surface area contributed by atoms with Crippen LogP contribution in [0.4, 0.5) is 5.69 Å². The van der Waals surface area contributed by atoms with E-state index in [-0.39, 0.29) is 12.7 Å². The van der Waals surface area contributed by atoms with Crippen molar-refractivity contribution in [1.82, 2.24) is 9.38 Å². The third kappa shape index (κ3) is 2.87. The summed E-state index contributed by atoms with van der Waals surface area (Å²) in [6.45, 7) is 0.182. The molecule has 27 heavy (non-hydrogen) atoms. The lowest BCUT2D eigenvalue weighted by Crippen LogP contribution is -2.11. The zero-order chi connectivity index (χ0) is 18.2. The van der Waals surface area contributed by atoms with E-state index < -0.39 is 0 Å². The van der Waals surface area contributed by atoms with E-state index in [0.29, 0.717) is 22.7 Å². The summed E-state index contributed by atoms with van der Waals surface area (Å²) in [5.41, 5.74) is 3.87. The number of fused-ring (bicyclic) bond motifs is 2. The van der Waals surface area contributed by atoms with Crippen LogP contribution < -0.4 is 14.8 Å². The van der Waals surface area contributed by atoms with Crippen molar-refractivity contribution in [3.8, 4) is 22.8 Å². The SMILES string of the molecule is O=C(Nc1cccc(-c2cn3ccccc3n2)c1)c1ccc2c(c1)OCO2. The molecule has 0 saturated carbocycles. The van der Waals surface area contributed by atoms with Gasteiger partial charge in [-0.25, -0.2) is 4.98 Å². The van der Waals surface area contributed by atoms with Crippen molar-refractivity contribution in [3.63, 3.8) is 0 Å². The predicted molar refractivity (Wildman–Crippen MR) is 101 cm³/mol. The van der Waals surface area contributed by atoms with E-state index in [1.165, 1.54) is 0 Å². The smallest absolute Gasteiger partial charge is 0.255 e. The summed E-state index contributed by atoms with van der Waals surface area (Å²) >= 11 is 0. The number of benzene rings is 2. The summed E-state index contributed by atoms with van der Waals surface area (Å²) < 4.78 is 12.6. The normalized spacial score (nSPS) is 12.3. The molecule has 0 atom stereocenters. The molecule has 0 bridgehead atoms. The van der Waals surface area contributed by atoms with Crippen molar-refractivity contribution >= 4 is 17.2 Å². The maximum absolute atomic E-state index is 12.6. The molecule has 3 heterocycles. The topological polar surface area (TPSA) is 64.9 Å². The van der Waals surface area contributed by atoms with Crippen molar-refractivity contribution in [2.24, 2.45) is 0 Å². The third-order valence-corrected chi connectivity index (χ3v) is 4.41. The van der Waals surface area contributed by atoms with Gasteiger partial charge in [0.25, 0.3) is 5.91 Å². The van der Waals surface area contributed by atoms with Gasteiger partial charge in [-0.1, -0.05) is 18.2 Å². The number of hydrogen-bond acceptors (Lipinski definition) is 4. The quantitative estimate of drug-likeness (QED) is 0.602. The third-order valence-electron chi connectivity index (χ3n) is 4.41. The average Bonchev–Trinajstić information content (AvgIpc) is 3.34. The van der Waals surface area contributed by atoms with E-state index in [9.17, 15) is 4.79 Å². The van der Waals surface area contributed by atoms with Gasteiger partial charge in [0.15, 0.2) is 11.5 Å². The molecule has 2 aromatic carbocycles. The largest absolute Gasteiger partial charge is 0.454 e. The number of aromatic nitrogens is 2. The van der Waals surface area contributed by atoms with Gasteiger partial charge in [-0.2, -0.15) is 0 Å². The molecule has 132 valence electrons. The van der Waals surface area contributed by atoms with Gasteiger partial charge < -0.3 is 19.2 Å². The maximum atomic E-state index is 12.6. The van der Waals surface area contributed by atoms with E-state index in [1.54, 1.807) is 18.2 Å². The molecule has 5 rings (SSSR count). The molecule has 2 aromatic heterocycles. The molecule has 4 aromatic rings. The Kier molecular flexibility index (Phi) is 3.53.